The molecule has 0 aliphatic rings. The average molecular weight is 295 g/mol. The first-order valence-corrected chi connectivity index (χ1v) is 7.52. The quantitative estimate of drug-likeness (QED) is 0.803. The summed E-state index contributed by atoms with van der Waals surface area (Å²) in [6, 6.07) is 15.9. The van der Waals surface area contributed by atoms with Crippen LogP contribution in [0.4, 0.5) is 5.69 Å². The van der Waals surface area contributed by atoms with Crippen LogP contribution in [0, 0.1) is 0 Å². The zero-order chi connectivity index (χ0) is 15.7. The fraction of sp³-hybridized carbons (Fsp3) is 0.278. The summed E-state index contributed by atoms with van der Waals surface area (Å²) in [7, 11) is 4.00. The molecule has 1 atom stereocenters. The lowest BCUT2D eigenvalue weighted by Gasteiger charge is -2.16. The highest BCUT2D eigenvalue weighted by molar-refractivity contribution is 5.76. The third-order valence-corrected chi connectivity index (χ3v) is 3.97. The first kappa shape index (κ1) is 14.6. The van der Waals surface area contributed by atoms with Crippen molar-refractivity contribution in [3.8, 4) is 0 Å². The Hall–Kier alpha value is -2.33. The van der Waals surface area contributed by atoms with Crippen LogP contribution in [-0.2, 0) is 6.54 Å². The third-order valence-electron chi connectivity index (χ3n) is 3.97. The van der Waals surface area contributed by atoms with Gasteiger partial charge < -0.3 is 14.6 Å². The monoisotopic (exact) mass is 295 g/mol. The number of rotatable bonds is 4. The minimum Gasteiger partial charge on any atom is -0.380 e. The van der Waals surface area contributed by atoms with Crippen molar-refractivity contribution in [3.05, 3.63) is 59.9 Å². The molecule has 0 aliphatic carbocycles. The largest absolute Gasteiger partial charge is 0.380 e. The van der Waals surface area contributed by atoms with Gasteiger partial charge in [0.25, 0.3) is 0 Å². The number of fused-ring (bicyclic) bond motifs is 1. The van der Waals surface area contributed by atoms with E-state index >= 15 is 0 Å². The molecule has 0 bridgehead atoms. The fourth-order valence-electron chi connectivity index (χ4n) is 2.74. The highest BCUT2D eigenvalue weighted by atomic mass is 16.3. The first-order chi connectivity index (χ1) is 10.6. The van der Waals surface area contributed by atoms with Gasteiger partial charge in [0.05, 0.1) is 11.0 Å². The van der Waals surface area contributed by atoms with Crippen LogP contribution in [0.5, 0.6) is 0 Å². The van der Waals surface area contributed by atoms with E-state index in [4.69, 9.17) is 0 Å². The molecular formula is C18H21N3O. The number of para-hydroxylation sites is 2. The normalized spacial score (nSPS) is 12.5. The summed E-state index contributed by atoms with van der Waals surface area (Å²) in [6.45, 7) is 2.85. The van der Waals surface area contributed by atoms with Crippen LogP contribution in [0.15, 0.2) is 48.5 Å². The van der Waals surface area contributed by atoms with Crippen LogP contribution in [0.1, 0.15) is 24.4 Å². The minimum atomic E-state index is -0.719. The maximum Gasteiger partial charge on any atom is 0.143 e. The summed E-state index contributed by atoms with van der Waals surface area (Å²) in [4.78, 5) is 6.66. The highest BCUT2D eigenvalue weighted by Crippen LogP contribution is 2.26. The van der Waals surface area contributed by atoms with Crippen LogP contribution in [0.3, 0.4) is 0 Å². The Labute approximate surface area is 130 Å². The Morgan fingerprint density at radius 1 is 1.09 bits per heavy atom. The minimum absolute atomic E-state index is 0.696. The predicted molar refractivity (Wildman–Crippen MR) is 90.2 cm³/mol. The van der Waals surface area contributed by atoms with Crippen molar-refractivity contribution in [1.29, 1.82) is 0 Å². The highest BCUT2D eigenvalue weighted by Gasteiger charge is 2.19. The van der Waals surface area contributed by atoms with Crippen molar-refractivity contribution in [2.24, 2.45) is 0 Å². The molecule has 1 heterocycles. The van der Waals surface area contributed by atoms with Gasteiger partial charge >= 0.3 is 0 Å². The van der Waals surface area contributed by atoms with E-state index in [0.717, 1.165) is 28.8 Å². The molecule has 3 aromatic rings. The molecule has 0 saturated carbocycles. The van der Waals surface area contributed by atoms with Crippen LogP contribution in [-0.4, -0.2) is 28.8 Å². The second-order valence-electron chi connectivity index (χ2n) is 5.59. The molecule has 0 spiro atoms. The lowest BCUT2D eigenvalue weighted by atomic mass is 10.1. The maximum absolute atomic E-state index is 10.7. The molecule has 1 aromatic heterocycles. The summed E-state index contributed by atoms with van der Waals surface area (Å²) >= 11 is 0. The van der Waals surface area contributed by atoms with Crippen molar-refractivity contribution in [2.45, 2.75) is 19.6 Å². The van der Waals surface area contributed by atoms with Crippen LogP contribution in [0.2, 0.25) is 0 Å². The molecule has 114 valence electrons. The molecule has 1 N–H and O–H groups in total. The number of hydrogen-bond donors (Lipinski definition) is 1. The summed E-state index contributed by atoms with van der Waals surface area (Å²) in [5.74, 6) is 0.696. The van der Waals surface area contributed by atoms with Gasteiger partial charge in [0.15, 0.2) is 0 Å². The van der Waals surface area contributed by atoms with E-state index in [1.807, 2.05) is 67.5 Å². The van der Waals surface area contributed by atoms with Gasteiger partial charge in [0.2, 0.25) is 0 Å². The zero-order valence-corrected chi connectivity index (χ0v) is 13.2. The molecule has 0 amide bonds. The standard InChI is InChI=1S/C18H21N3O/c1-4-21-16-8-6-5-7-15(16)19-18(21)17(22)13-9-11-14(12-10-13)20(2)3/h5-12,17,22H,4H2,1-3H3/t17-/m0/s1. The van der Waals surface area contributed by atoms with Gasteiger partial charge in [-0.1, -0.05) is 24.3 Å². The van der Waals surface area contributed by atoms with Crippen molar-refractivity contribution < 1.29 is 5.11 Å². The SMILES string of the molecule is CCn1c([C@@H](O)c2ccc(N(C)C)cc2)nc2ccccc21. The van der Waals surface area contributed by atoms with E-state index in [2.05, 4.69) is 16.5 Å². The van der Waals surface area contributed by atoms with Gasteiger partial charge in [-0.05, 0) is 36.8 Å². The number of anilines is 1. The van der Waals surface area contributed by atoms with Gasteiger partial charge in [-0.3, -0.25) is 0 Å². The van der Waals surface area contributed by atoms with Crippen molar-refractivity contribution in [1.82, 2.24) is 9.55 Å². The number of imidazole rings is 1. The number of hydrogen-bond acceptors (Lipinski definition) is 3. The molecule has 4 nitrogen and oxygen atoms in total. The van der Waals surface area contributed by atoms with E-state index in [1.165, 1.54) is 0 Å². The Morgan fingerprint density at radius 3 is 2.41 bits per heavy atom. The van der Waals surface area contributed by atoms with E-state index in [-0.39, 0.29) is 0 Å². The summed E-state index contributed by atoms with van der Waals surface area (Å²) in [5.41, 5.74) is 3.95. The first-order valence-electron chi connectivity index (χ1n) is 7.52. The molecule has 0 aliphatic heterocycles. The van der Waals surface area contributed by atoms with Gasteiger partial charge in [-0.2, -0.15) is 0 Å². The molecule has 3 rings (SSSR count). The van der Waals surface area contributed by atoms with E-state index in [9.17, 15) is 5.11 Å². The Kier molecular flexibility index (Phi) is 3.86. The number of aliphatic hydroxyl groups excluding tert-OH is 1. The summed E-state index contributed by atoms with van der Waals surface area (Å²) < 4.78 is 2.07. The molecule has 0 fully saturated rings. The molecule has 4 heteroatoms. The van der Waals surface area contributed by atoms with Crippen molar-refractivity contribution in [2.75, 3.05) is 19.0 Å². The fourth-order valence-corrected chi connectivity index (χ4v) is 2.74. The Morgan fingerprint density at radius 2 is 1.77 bits per heavy atom. The second kappa shape index (κ2) is 5.81. The van der Waals surface area contributed by atoms with Gasteiger partial charge in [0, 0.05) is 26.3 Å². The number of aliphatic hydroxyl groups is 1. The Balaban J connectivity index is 2.02. The predicted octanol–water partition coefficient (Wildman–Crippen LogP) is 3.20. The van der Waals surface area contributed by atoms with E-state index < -0.39 is 6.10 Å². The van der Waals surface area contributed by atoms with E-state index in [1.54, 1.807) is 0 Å². The smallest absolute Gasteiger partial charge is 0.143 e. The molecule has 0 saturated heterocycles. The number of aryl methyl sites for hydroxylation is 1. The van der Waals surface area contributed by atoms with Gasteiger partial charge in [-0.15, -0.1) is 0 Å². The van der Waals surface area contributed by atoms with Crippen LogP contribution >= 0.6 is 0 Å². The lowest BCUT2D eigenvalue weighted by molar-refractivity contribution is 0.205. The van der Waals surface area contributed by atoms with Gasteiger partial charge in [-0.25, -0.2) is 4.98 Å². The Bertz CT molecular complexity index is 775. The number of aromatic nitrogens is 2. The number of benzene rings is 2. The zero-order valence-electron chi connectivity index (χ0n) is 13.2. The van der Waals surface area contributed by atoms with E-state index in [0.29, 0.717) is 5.82 Å². The molecular weight excluding hydrogens is 274 g/mol. The van der Waals surface area contributed by atoms with Crippen LogP contribution in [0.25, 0.3) is 11.0 Å². The molecule has 0 unspecified atom stereocenters. The van der Waals surface area contributed by atoms with Crippen molar-refractivity contribution in [3.63, 3.8) is 0 Å². The summed E-state index contributed by atoms with van der Waals surface area (Å²) in [6.07, 6.45) is -0.719. The molecule has 2 aromatic carbocycles. The topological polar surface area (TPSA) is 41.3 Å². The lowest BCUT2D eigenvalue weighted by Crippen LogP contribution is -2.11. The van der Waals surface area contributed by atoms with Crippen LogP contribution < -0.4 is 4.90 Å². The van der Waals surface area contributed by atoms with Crippen molar-refractivity contribution >= 4 is 16.7 Å². The molecule has 22 heavy (non-hydrogen) atoms. The molecule has 0 radical (unpaired) electrons. The summed E-state index contributed by atoms with van der Waals surface area (Å²) in [5, 5.41) is 10.7. The van der Waals surface area contributed by atoms with Gasteiger partial charge in [0.1, 0.15) is 11.9 Å². The third kappa shape index (κ3) is 2.46. The maximum atomic E-state index is 10.7. The second-order valence-corrected chi connectivity index (χ2v) is 5.59. The number of nitrogens with zero attached hydrogens (tertiary/aromatic N) is 3. The average Bonchev–Trinajstić information content (AvgIpc) is 2.92.